The molecule has 0 bridgehead atoms. The second kappa shape index (κ2) is 4.18. The summed E-state index contributed by atoms with van der Waals surface area (Å²) in [4.78, 5) is 11.7. The number of dihydropyridines is 1. The minimum atomic E-state index is 0.0385. The first-order chi connectivity index (χ1) is 8.34. The minimum Gasteiger partial charge on any atom is -0.371 e. The lowest BCUT2D eigenvalue weighted by molar-refractivity contribution is -0.121. The number of carbonyl (C=O) groups excluding carboxylic acids is 1. The first-order valence-electron chi connectivity index (χ1n) is 5.68. The molecule has 2 aliphatic heterocycles. The zero-order chi connectivity index (χ0) is 11.7. The van der Waals surface area contributed by atoms with Crippen molar-refractivity contribution in [1.29, 1.82) is 0 Å². The van der Waals surface area contributed by atoms with Gasteiger partial charge in [0.15, 0.2) is 0 Å². The average molecular weight is 227 g/mol. The highest BCUT2D eigenvalue weighted by molar-refractivity contribution is 5.98. The van der Waals surface area contributed by atoms with E-state index in [0.717, 1.165) is 11.1 Å². The quantitative estimate of drug-likeness (QED) is 0.794. The van der Waals surface area contributed by atoms with E-state index < -0.39 is 0 Å². The summed E-state index contributed by atoms with van der Waals surface area (Å²) in [6, 6.07) is 10.2. The number of benzene rings is 1. The van der Waals surface area contributed by atoms with Crippen LogP contribution < -0.4 is 5.32 Å². The molecule has 3 rings (SSSR count). The molecule has 1 atom stereocenters. The van der Waals surface area contributed by atoms with E-state index in [1.807, 2.05) is 24.3 Å². The Balaban J connectivity index is 1.89. The van der Waals surface area contributed by atoms with Crippen LogP contribution in [0.3, 0.4) is 0 Å². The second-order valence-corrected chi connectivity index (χ2v) is 4.21. The van der Waals surface area contributed by atoms with Gasteiger partial charge in [-0.1, -0.05) is 42.5 Å². The molecule has 1 unspecified atom stereocenters. The summed E-state index contributed by atoms with van der Waals surface area (Å²) in [5, 5.41) is 3.28. The molecule has 0 saturated carbocycles. The number of nitrogens with one attached hydrogen (secondary N) is 1. The molecule has 3 heteroatoms. The monoisotopic (exact) mass is 227 g/mol. The molecule has 0 radical (unpaired) electrons. The molecule has 17 heavy (non-hydrogen) atoms. The number of hydrogen-bond acceptors (Lipinski definition) is 3. The third-order valence-electron chi connectivity index (χ3n) is 3.04. The highest BCUT2D eigenvalue weighted by Gasteiger charge is 2.25. The fourth-order valence-electron chi connectivity index (χ4n) is 2.15. The van der Waals surface area contributed by atoms with Gasteiger partial charge in [-0.2, -0.15) is 0 Å². The fourth-order valence-corrected chi connectivity index (χ4v) is 2.15. The highest BCUT2D eigenvalue weighted by atomic mass is 16.5. The van der Waals surface area contributed by atoms with E-state index in [4.69, 9.17) is 4.74 Å². The number of carbonyl (C=O) groups is 1. The van der Waals surface area contributed by atoms with Crippen LogP contribution in [-0.4, -0.2) is 19.0 Å². The van der Waals surface area contributed by atoms with Crippen LogP contribution in [0.4, 0.5) is 0 Å². The molecule has 0 aromatic heterocycles. The maximum atomic E-state index is 11.7. The van der Waals surface area contributed by atoms with Gasteiger partial charge in [0.2, 0.25) is 5.78 Å². The minimum absolute atomic E-state index is 0.0385. The molecule has 1 aromatic rings. The van der Waals surface area contributed by atoms with Gasteiger partial charge in [0.1, 0.15) is 6.61 Å². The summed E-state index contributed by atoms with van der Waals surface area (Å²) in [5.74, 6) is 0.0385. The number of ether oxygens (including phenoxy) is 1. The predicted octanol–water partition coefficient (Wildman–Crippen LogP) is 1.74. The summed E-state index contributed by atoms with van der Waals surface area (Å²) in [6.45, 7) is 0.702. The van der Waals surface area contributed by atoms with Gasteiger partial charge in [-0.15, -0.1) is 0 Å². The normalized spacial score (nSPS) is 23.3. The van der Waals surface area contributed by atoms with Crippen molar-refractivity contribution in [3.8, 4) is 0 Å². The molecular weight excluding hydrogens is 214 g/mol. The Bertz CT molecular complexity index is 502. The zero-order valence-electron chi connectivity index (χ0n) is 9.35. The Morgan fingerprint density at radius 3 is 2.82 bits per heavy atom. The van der Waals surface area contributed by atoms with E-state index >= 15 is 0 Å². The predicted molar refractivity (Wildman–Crippen MR) is 64.3 cm³/mol. The Morgan fingerprint density at radius 2 is 2.00 bits per heavy atom. The van der Waals surface area contributed by atoms with Crippen LogP contribution in [0, 0.1) is 0 Å². The van der Waals surface area contributed by atoms with Gasteiger partial charge in [0.25, 0.3) is 0 Å². The Labute approximate surface area is 99.8 Å². The summed E-state index contributed by atoms with van der Waals surface area (Å²) >= 11 is 0. The van der Waals surface area contributed by atoms with E-state index in [-0.39, 0.29) is 18.4 Å². The van der Waals surface area contributed by atoms with Gasteiger partial charge >= 0.3 is 0 Å². The van der Waals surface area contributed by atoms with Gasteiger partial charge < -0.3 is 10.1 Å². The van der Waals surface area contributed by atoms with Gasteiger partial charge in [-0.3, -0.25) is 4.79 Å². The molecule has 2 heterocycles. The van der Waals surface area contributed by atoms with Crippen molar-refractivity contribution in [2.24, 2.45) is 0 Å². The van der Waals surface area contributed by atoms with Crippen LogP contribution in [0.25, 0.3) is 0 Å². The summed E-state index contributed by atoms with van der Waals surface area (Å²) < 4.78 is 5.19. The first kappa shape index (κ1) is 10.3. The van der Waals surface area contributed by atoms with Crippen molar-refractivity contribution in [1.82, 2.24) is 5.32 Å². The van der Waals surface area contributed by atoms with Gasteiger partial charge in [0.05, 0.1) is 18.3 Å². The summed E-state index contributed by atoms with van der Waals surface area (Å²) in [7, 11) is 0. The average Bonchev–Trinajstić information content (AvgIpc) is 2.40. The van der Waals surface area contributed by atoms with Crippen molar-refractivity contribution in [2.45, 2.75) is 6.04 Å². The molecule has 0 spiro atoms. The Morgan fingerprint density at radius 1 is 1.18 bits per heavy atom. The zero-order valence-corrected chi connectivity index (χ0v) is 9.35. The lowest BCUT2D eigenvalue weighted by Gasteiger charge is -2.27. The van der Waals surface area contributed by atoms with Crippen LogP contribution in [0.15, 0.2) is 53.8 Å². The van der Waals surface area contributed by atoms with Crippen LogP contribution in [0.1, 0.15) is 11.6 Å². The number of hydrogen-bond donors (Lipinski definition) is 1. The van der Waals surface area contributed by atoms with Crippen molar-refractivity contribution < 1.29 is 9.53 Å². The lowest BCUT2D eigenvalue weighted by Crippen LogP contribution is -2.34. The second-order valence-electron chi connectivity index (χ2n) is 4.21. The molecule has 1 N–H and O–H groups in total. The largest absolute Gasteiger partial charge is 0.371 e. The van der Waals surface area contributed by atoms with Crippen molar-refractivity contribution >= 4 is 5.78 Å². The van der Waals surface area contributed by atoms with E-state index in [0.29, 0.717) is 12.3 Å². The number of ketones is 1. The van der Waals surface area contributed by atoms with Gasteiger partial charge in [-0.25, -0.2) is 0 Å². The highest BCUT2D eigenvalue weighted by Crippen LogP contribution is 2.24. The molecular formula is C14H13NO2. The van der Waals surface area contributed by atoms with Crippen molar-refractivity contribution in [2.75, 3.05) is 13.2 Å². The maximum absolute atomic E-state index is 11.7. The van der Waals surface area contributed by atoms with Crippen molar-refractivity contribution in [3.63, 3.8) is 0 Å². The number of Topliss-reactive ketones (excluding diaryl/α,β-unsaturated/α-hetero) is 1. The summed E-state index contributed by atoms with van der Waals surface area (Å²) in [5.41, 5.74) is 2.83. The van der Waals surface area contributed by atoms with Crippen LogP contribution >= 0.6 is 0 Å². The topological polar surface area (TPSA) is 38.3 Å². The van der Waals surface area contributed by atoms with E-state index in [1.165, 1.54) is 0 Å². The SMILES string of the molecule is O=C1COCC2=C1NC(c1ccccc1)C=C2. The molecule has 86 valence electrons. The Kier molecular flexibility index (Phi) is 2.53. The van der Waals surface area contributed by atoms with Crippen LogP contribution in [0.5, 0.6) is 0 Å². The first-order valence-corrected chi connectivity index (χ1v) is 5.68. The van der Waals surface area contributed by atoms with Crippen LogP contribution in [-0.2, 0) is 9.53 Å². The maximum Gasteiger partial charge on any atom is 0.204 e. The number of rotatable bonds is 1. The molecule has 0 amide bonds. The lowest BCUT2D eigenvalue weighted by atomic mass is 9.98. The van der Waals surface area contributed by atoms with E-state index in [1.54, 1.807) is 0 Å². The third-order valence-corrected chi connectivity index (χ3v) is 3.04. The molecule has 2 aliphatic rings. The van der Waals surface area contributed by atoms with E-state index in [2.05, 4.69) is 23.5 Å². The fraction of sp³-hybridized carbons (Fsp3) is 0.214. The van der Waals surface area contributed by atoms with Gasteiger partial charge in [-0.05, 0) is 5.56 Å². The standard InChI is InChI=1S/C14H13NO2/c16-13-9-17-8-11-6-7-12(15-14(11)13)10-4-2-1-3-5-10/h1-7,12,15H,8-9H2. The molecule has 0 aliphatic carbocycles. The molecule has 3 nitrogen and oxygen atoms in total. The van der Waals surface area contributed by atoms with Crippen LogP contribution in [0.2, 0.25) is 0 Å². The van der Waals surface area contributed by atoms with Gasteiger partial charge in [0, 0.05) is 5.57 Å². The smallest absolute Gasteiger partial charge is 0.204 e. The summed E-state index contributed by atoms with van der Waals surface area (Å²) in [6.07, 6.45) is 4.05. The Hall–Kier alpha value is -1.87. The third kappa shape index (κ3) is 1.89. The molecule has 0 fully saturated rings. The van der Waals surface area contributed by atoms with Crippen molar-refractivity contribution in [3.05, 3.63) is 59.3 Å². The molecule has 0 saturated heterocycles. The molecule has 1 aromatic carbocycles. The van der Waals surface area contributed by atoms with E-state index in [9.17, 15) is 4.79 Å².